The summed E-state index contributed by atoms with van der Waals surface area (Å²) in [5, 5.41) is 4.97. The van der Waals surface area contributed by atoms with E-state index in [1.807, 2.05) is 0 Å². The average Bonchev–Trinajstić information content (AvgIpc) is 2.35. The zero-order chi connectivity index (χ0) is 16.5. The fraction of sp³-hybridized carbons (Fsp3) is 0.364. The van der Waals surface area contributed by atoms with Crippen LogP contribution in [-0.2, 0) is 19.6 Å². The summed E-state index contributed by atoms with van der Waals surface area (Å²) in [6.07, 6.45) is -6.70. The number of carboxylic acid groups (broad SMARTS) is 1. The summed E-state index contributed by atoms with van der Waals surface area (Å²) in [4.78, 5) is 11.0. The van der Waals surface area contributed by atoms with Crippen LogP contribution in [0.4, 0.5) is 17.6 Å². The highest BCUT2D eigenvalue weighted by Gasteiger charge is 2.54. The Hall–Kier alpha value is -1.35. The first-order chi connectivity index (χ1) is 9.40. The molecule has 0 aliphatic carbocycles. The fourth-order valence-electron chi connectivity index (χ4n) is 1.49. The molecule has 0 saturated carbocycles. The van der Waals surface area contributed by atoms with Crippen molar-refractivity contribution in [1.29, 1.82) is 0 Å². The molecular formula is C11H9ClF4O4S. The van der Waals surface area contributed by atoms with Crippen molar-refractivity contribution in [2.24, 2.45) is 0 Å². The average molecular weight is 349 g/mol. The Morgan fingerprint density at radius 1 is 1.14 bits per heavy atom. The molecule has 1 unspecified atom stereocenters. The number of hydrogen-bond donors (Lipinski definition) is 1. The summed E-state index contributed by atoms with van der Waals surface area (Å²) in [7, 11) is -5.25. The van der Waals surface area contributed by atoms with Gasteiger partial charge in [0, 0.05) is 10.6 Å². The molecule has 4 nitrogen and oxygen atoms in total. The van der Waals surface area contributed by atoms with E-state index in [9.17, 15) is 30.8 Å². The zero-order valence-electron chi connectivity index (χ0n) is 10.2. The minimum absolute atomic E-state index is 0.0826. The maximum Gasteiger partial charge on any atom is 0.390 e. The normalized spacial score (nSPS) is 15.5. The maximum atomic E-state index is 14.5. The van der Waals surface area contributed by atoms with Crippen LogP contribution in [-0.4, -0.2) is 31.4 Å². The van der Waals surface area contributed by atoms with E-state index < -0.39 is 44.7 Å². The number of carboxylic acids is 1. The van der Waals surface area contributed by atoms with Gasteiger partial charge < -0.3 is 5.11 Å². The predicted octanol–water partition coefficient (Wildman–Crippen LogP) is 2.91. The molecule has 0 spiro atoms. The van der Waals surface area contributed by atoms with Crippen molar-refractivity contribution in [3.8, 4) is 0 Å². The molecule has 0 heterocycles. The van der Waals surface area contributed by atoms with Gasteiger partial charge in [-0.25, -0.2) is 17.6 Å². The van der Waals surface area contributed by atoms with Gasteiger partial charge in [0.05, 0.1) is 12.2 Å². The molecule has 118 valence electrons. The Bertz CT molecular complexity index is 627. The van der Waals surface area contributed by atoms with Crippen LogP contribution in [0.25, 0.3) is 0 Å². The van der Waals surface area contributed by atoms with Gasteiger partial charge in [-0.15, -0.1) is 0 Å². The van der Waals surface area contributed by atoms with Crippen molar-refractivity contribution < 1.29 is 35.9 Å². The van der Waals surface area contributed by atoms with E-state index >= 15 is 0 Å². The van der Waals surface area contributed by atoms with Crippen molar-refractivity contribution in [1.82, 2.24) is 0 Å². The molecule has 0 bridgehead atoms. The van der Waals surface area contributed by atoms with E-state index in [0.29, 0.717) is 0 Å². The summed E-state index contributed by atoms with van der Waals surface area (Å²) in [5.41, 5.74) is -0.818. The van der Waals surface area contributed by atoms with Crippen molar-refractivity contribution in [2.45, 2.75) is 17.6 Å². The quantitative estimate of drug-likeness (QED) is 0.830. The third kappa shape index (κ3) is 3.85. The minimum Gasteiger partial charge on any atom is -0.478 e. The highest BCUT2D eigenvalue weighted by Crippen LogP contribution is 2.36. The highest BCUT2D eigenvalue weighted by atomic mass is 35.5. The van der Waals surface area contributed by atoms with Gasteiger partial charge in [0.1, 0.15) is 0 Å². The van der Waals surface area contributed by atoms with E-state index in [4.69, 9.17) is 16.7 Å². The molecule has 1 aromatic carbocycles. The number of hydrogen-bond acceptors (Lipinski definition) is 3. The summed E-state index contributed by atoms with van der Waals surface area (Å²) in [5.74, 6) is -4.09. The highest BCUT2D eigenvalue weighted by molar-refractivity contribution is 7.92. The lowest BCUT2D eigenvalue weighted by Gasteiger charge is -2.21. The lowest BCUT2D eigenvalue weighted by atomic mass is 10.1. The Kier molecular flexibility index (Phi) is 4.89. The second-order valence-corrected chi connectivity index (χ2v) is 6.73. The molecule has 1 N–H and O–H groups in total. The monoisotopic (exact) mass is 348 g/mol. The van der Waals surface area contributed by atoms with Crippen molar-refractivity contribution in [3.63, 3.8) is 0 Å². The number of alkyl halides is 4. The summed E-state index contributed by atoms with van der Waals surface area (Å²) in [6, 6.07) is 3.66. The van der Waals surface area contributed by atoms with Gasteiger partial charge in [0.25, 0.3) is 0 Å². The predicted molar refractivity (Wildman–Crippen MR) is 66.3 cm³/mol. The second-order valence-electron chi connectivity index (χ2n) is 4.09. The first-order valence-electron chi connectivity index (χ1n) is 5.37. The maximum absolute atomic E-state index is 14.5. The van der Waals surface area contributed by atoms with Gasteiger partial charge >= 0.3 is 17.1 Å². The number of rotatable bonds is 5. The fourth-order valence-corrected chi connectivity index (χ4v) is 3.16. The van der Waals surface area contributed by atoms with E-state index in [1.165, 1.54) is 0 Å². The first kappa shape index (κ1) is 17.7. The van der Waals surface area contributed by atoms with E-state index in [1.54, 1.807) is 0 Å². The van der Waals surface area contributed by atoms with Crippen LogP contribution in [0, 0.1) is 0 Å². The Balaban J connectivity index is 3.28. The number of sulfone groups is 1. The summed E-state index contributed by atoms with van der Waals surface area (Å²) >= 11 is 5.51. The van der Waals surface area contributed by atoms with Crippen LogP contribution in [0.2, 0.25) is 5.02 Å². The summed E-state index contributed by atoms with van der Waals surface area (Å²) < 4.78 is 74.2. The van der Waals surface area contributed by atoms with Crippen LogP contribution in [0.1, 0.15) is 12.0 Å². The minimum atomic E-state index is -5.25. The second kappa shape index (κ2) is 5.80. The van der Waals surface area contributed by atoms with Gasteiger partial charge in [-0.1, -0.05) is 23.7 Å². The topological polar surface area (TPSA) is 71.4 Å². The van der Waals surface area contributed by atoms with Crippen LogP contribution in [0.3, 0.4) is 0 Å². The molecule has 0 amide bonds. The van der Waals surface area contributed by atoms with Gasteiger partial charge in [-0.05, 0) is 12.1 Å². The van der Waals surface area contributed by atoms with Crippen molar-refractivity contribution in [2.75, 3.05) is 5.75 Å². The van der Waals surface area contributed by atoms with Gasteiger partial charge in [0.2, 0.25) is 9.84 Å². The molecular weight excluding hydrogens is 340 g/mol. The molecule has 21 heavy (non-hydrogen) atoms. The Morgan fingerprint density at radius 2 is 1.62 bits per heavy atom. The van der Waals surface area contributed by atoms with Crippen LogP contribution in [0.5, 0.6) is 0 Å². The molecule has 10 heteroatoms. The van der Waals surface area contributed by atoms with Crippen molar-refractivity contribution >= 4 is 27.4 Å². The largest absolute Gasteiger partial charge is 0.478 e. The third-order valence-electron chi connectivity index (χ3n) is 2.57. The summed E-state index contributed by atoms with van der Waals surface area (Å²) in [6.45, 7) is 0. The number of aliphatic carboxylic acids is 1. The van der Waals surface area contributed by atoms with E-state index in [2.05, 4.69) is 0 Å². The lowest BCUT2D eigenvalue weighted by molar-refractivity contribution is -0.146. The number of carbonyl (C=O) groups is 1. The van der Waals surface area contributed by atoms with Crippen molar-refractivity contribution in [3.05, 3.63) is 34.9 Å². The molecule has 0 saturated heterocycles. The molecule has 1 rings (SSSR count). The molecule has 1 atom stereocenters. The smallest absolute Gasteiger partial charge is 0.390 e. The standard InChI is InChI=1S/C11H9ClF4O4S/c12-8-3-1-7(2-4-8)11(16,9(17)18)21(19,20)6-5-10(13,14)15/h1-4H,5-6H2,(H,17,18). The van der Waals surface area contributed by atoms with E-state index in [-0.39, 0.29) is 5.02 Å². The molecule has 0 fully saturated rings. The lowest BCUT2D eigenvalue weighted by Crippen LogP contribution is -2.41. The third-order valence-corrected chi connectivity index (χ3v) is 4.83. The number of halogens is 5. The molecule has 1 aromatic rings. The van der Waals surface area contributed by atoms with Gasteiger partial charge in [-0.2, -0.15) is 13.2 Å². The van der Waals surface area contributed by atoms with Crippen LogP contribution in [0.15, 0.2) is 24.3 Å². The molecule has 0 aliphatic heterocycles. The Morgan fingerprint density at radius 3 is 2.00 bits per heavy atom. The first-order valence-corrected chi connectivity index (χ1v) is 7.40. The molecule has 0 radical (unpaired) electrons. The van der Waals surface area contributed by atoms with Crippen LogP contribution < -0.4 is 0 Å². The number of benzene rings is 1. The van der Waals surface area contributed by atoms with E-state index in [0.717, 1.165) is 24.3 Å². The zero-order valence-corrected chi connectivity index (χ0v) is 11.8. The SMILES string of the molecule is O=C(O)C(F)(c1ccc(Cl)cc1)S(=O)(=O)CCC(F)(F)F. The van der Waals surface area contributed by atoms with Gasteiger partial charge in [-0.3, -0.25) is 0 Å². The molecule has 0 aliphatic rings. The molecule has 0 aromatic heterocycles. The van der Waals surface area contributed by atoms with Crippen LogP contribution >= 0.6 is 11.6 Å². The van der Waals surface area contributed by atoms with Gasteiger partial charge in [0.15, 0.2) is 0 Å². The Labute approximate surface area is 122 Å².